The van der Waals surface area contributed by atoms with Crippen LogP contribution >= 0.6 is 23.1 Å². The molecule has 1 aromatic carbocycles. The minimum Gasteiger partial charge on any atom is -0.390 e. The van der Waals surface area contributed by atoms with Gasteiger partial charge in [0.1, 0.15) is 4.88 Å². The fraction of sp³-hybridized carbons (Fsp3) is 0.267. The summed E-state index contributed by atoms with van der Waals surface area (Å²) in [4.78, 5) is 14.1. The first-order valence-electron chi connectivity index (χ1n) is 6.39. The number of hydrogen-bond acceptors (Lipinski definition) is 4. The van der Waals surface area contributed by atoms with Crippen LogP contribution in [0.15, 0.2) is 40.6 Å². The molecule has 1 amide bonds. The molecule has 0 spiro atoms. The van der Waals surface area contributed by atoms with Gasteiger partial charge >= 0.3 is 0 Å². The number of aliphatic hydroxyl groups excluding tert-OH is 1. The van der Waals surface area contributed by atoms with E-state index in [1.54, 1.807) is 11.8 Å². The Kier molecular flexibility index (Phi) is 3.83. The van der Waals surface area contributed by atoms with E-state index in [4.69, 9.17) is 0 Å². The standard InChI is InChI=1S/C15H15NO2S2/c1-19-12-6-7-20-14(12)15(18)16-13-10-5-3-2-4-9(10)8-11(13)17/h2-7,11,13,17H,8H2,1H3,(H,16,18)/t11-,13-/m0/s1. The van der Waals surface area contributed by atoms with E-state index in [0.29, 0.717) is 11.3 Å². The third-order valence-corrected chi connectivity index (χ3v) is 5.37. The van der Waals surface area contributed by atoms with Crippen molar-refractivity contribution in [1.29, 1.82) is 0 Å². The van der Waals surface area contributed by atoms with Gasteiger partial charge in [0.15, 0.2) is 0 Å². The summed E-state index contributed by atoms with van der Waals surface area (Å²) in [6, 6.07) is 9.51. The number of thioether (sulfide) groups is 1. The minimum atomic E-state index is -0.547. The van der Waals surface area contributed by atoms with Gasteiger partial charge < -0.3 is 10.4 Å². The molecule has 1 heterocycles. The van der Waals surface area contributed by atoms with Crippen molar-refractivity contribution in [2.45, 2.75) is 23.5 Å². The van der Waals surface area contributed by atoms with Crippen LogP contribution in [-0.4, -0.2) is 23.4 Å². The molecular weight excluding hydrogens is 290 g/mol. The monoisotopic (exact) mass is 305 g/mol. The van der Waals surface area contributed by atoms with E-state index < -0.39 is 6.10 Å². The van der Waals surface area contributed by atoms with E-state index in [-0.39, 0.29) is 11.9 Å². The molecule has 5 heteroatoms. The lowest BCUT2D eigenvalue weighted by molar-refractivity contribution is 0.0859. The number of amides is 1. The van der Waals surface area contributed by atoms with Gasteiger partial charge in [0.2, 0.25) is 0 Å². The highest BCUT2D eigenvalue weighted by molar-refractivity contribution is 7.98. The smallest absolute Gasteiger partial charge is 0.263 e. The number of fused-ring (bicyclic) bond motifs is 1. The van der Waals surface area contributed by atoms with Gasteiger partial charge in [-0.3, -0.25) is 4.79 Å². The SMILES string of the molecule is CSc1ccsc1C(=O)N[C@H]1c2ccccc2C[C@@H]1O. The van der Waals surface area contributed by atoms with Gasteiger partial charge in [0, 0.05) is 11.3 Å². The molecular formula is C15H15NO2S2. The van der Waals surface area contributed by atoms with Crippen molar-refractivity contribution in [2.24, 2.45) is 0 Å². The Bertz CT molecular complexity index is 638. The number of rotatable bonds is 3. The number of carbonyl (C=O) groups excluding carboxylic acids is 1. The highest BCUT2D eigenvalue weighted by Gasteiger charge is 2.32. The lowest BCUT2D eigenvalue weighted by Gasteiger charge is -2.17. The van der Waals surface area contributed by atoms with Crippen LogP contribution in [0, 0.1) is 0 Å². The molecule has 0 radical (unpaired) electrons. The van der Waals surface area contributed by atoms with Crippen LogP contribution < -0.4 is 5.32 Å². The first kappa shape index (κ1) is 13.7. The van der Waals surface area contributed by atoms with Crippen molar-refractivity contribution in [3.63, 3.8) is 0 Å². The van der Waals surface area contributed by atoms with E-state index in [1.807, 2.05) is 42.0 Å². The molecule has 0 fully saturated rings. The van der Waals surface area contributed by atoms with Crippen LogP contribution in [0.2, 0.25) is 0 Å². The summed E-state index contributed by atoms with van der Waals surface area (Å²) in [5, 5.41) is 15.1. The lowest BCUT2D eigenvalue weighted by Crippen LogP contribution is -2.33. The highest BCUT2D eigenvalue weighted by atomic mass is 32.2. The molecule has 3 rings (SSSR count). The summed E-state index contributed by atoms with van der Waals surface area (Å²) < 4.78 is 0. The normalized spacial score (nSPS) is 20.7. The predicted octanol–water partition coefficient (Wildman–Crippen LogP) is 2.86. The zero-order valence-corrected chi connectivity index (χ0v) is 12.6. The number of thiophene rings is 1. The Morgan fingerprint density at radius 1 is 1.40 bits per heavy atom. The van der Waals surface area contributed by atoms with Gasteiger partial charge in [0.25, 0.3) is 5.91 Å². The third kappa shape index (κ3) is 2.37. The molecule has 0 aliphatic heterocycles. The Hall–Kier alpha value is -1.30. The number of nitrogens with one attached hydrogen (secondary N) is 1. The molecule has 0 saturated carbocycles. The second-order valence-electron chi connectivity index (χ2n) is 4.74. The highest BCUT2D eigenvalue weighted by Crippen LogP contribution is 2.32. The van der Waals surface area contributed by atoms with E-state index in [9.17, 15) is 9.90 Å². The summed E-state index contributed by atoms with van der Waals surface area (Å²) in [5.41, 5.74) is 2.14. The summed E-state index contributed by atoms with van der Waals surface area (Å²) in [6.45, 7) is 0. The first-order valence-corrected chi connectivity index (χ1v) is 8.49. The van der Waals surface area contributed by atoms with Crippen molar-refractivity contribution in [3.8, 4) is 0 Å². The molecule has 0 unspecified atom stereocenters. The van der Waals surface area contributed by atoms with Gasteiger partial charge in [-0.05, 0) is 28.8 Å². The van der Waals surface area contributed by atoms with Crippen LogP contribution in [0.5, 0.6) is 0 Å². The van der Waals surface area contributed by atoms with Gasteiger partial charge in [0.05, 0.1) is 12.1 Å². The minimum absolute atomic E-state index is 0.106. The molecule has 0 bridgehead atoms. The molecule has 20 heavy (non-hydrogen) atoms. The number of aliphatic hydroxyl groups is 1. The number of benzene rings is 1. The Morgan fingerprint density at radius 2 is 2.20 bits per heavy atom. The van der Waals surface area contributed by atoms with Gasteiger partial charge in [-0.25, -0.2) is 0 Å². The van der Waals surface area contributed by atoms with Crippen LogP contribution in [0.4, 0.5) is 0 Å². The molecule has 2 atom stereocenters. The van der Waals surface area contributed by atoms with Crippen molar-refractivity contribution in [3.05, 3.63) is 51.7 Å². The average molecular weight is 305 g/mol. The summed E-state index contributed by atoms with van der Waals surface area (Å²) in [6.07, 6.45) is 2.01. The molecule has 1 aromatic heterocycles. The lowest BCUT2D eigenvalue weighted by atomic mass is 10.1. The molecule has 1 aliphatic carbocycles. The van der Waals surface area contributed by atoms with Crippen molar-refractivity contribution >= 4 is 29.0 Å². The largest absolute Gasteiger partial charge is 0.390 e. The summed E-state index contributed by atoms with van der Waals surface area (Å²) in [5.74, 6) is -0.106. The molecule has 2 aromatic rings. The van der Waals surface area contributed by atoms with Crippen molar-refractivity contribution in [1.82, 2.24) is 5.32 Å². The van der Waals surface area contributed by atoms with Gasteiger partial charge in [-0.15, -0.1) is 23.1 Å². The Balaban J connectivity index is 1.83. The topological polar surface area (TPSA) is 49.3 Å². The summed E-state index contributed by atoms with van der Waals surface area (Å²) in [7, 11) is 0. The maximum absolute atomic E-state index is 12.4. The predicted molar refractivity (Wildman–Crippen MR) is 82.5 cm³/mol. The van der Waals surface area contributed by atoms with Crippen LogP contribution in [0.1, 0.15) is 26.8 Å². The van der Waals surface area contributed by atoms with Crippen molar-refractivity contribution < 1.29 is 9.90 Å². The van der Waals surface area contributed by atoms with E-state index >= 15 is 0 Å². The maximum Gasteiger partial charge on any atom is 0.263 e. The fourth-order valence-electron chi connectivity index (χ4n) is 2.58. The van der Waals surface area contributed by atoms with E-state index in [0.717, 1.165) is 16.0 Å². The zero-order valence-electron chi connectivity index (χ0n) is 11.0. The van der Waals surface area contributed by atoms with Crippen LogP contribution in [-0.2, 0) is 6.42 Å². The second-order valence-corrected chi connectivity index (χ2v) is 6.50. The molecule has 3 nitrogen and oxygen atoms in total. The first-order chi connectivity index (χ1) is 9.70. The van der Waals surface area contributed by atoms with Crippen LogP contribution in [0.25, 0.3) is 0 Å². The molecule has 2 N–H and O–H groups in total. The molecule has 0 saturated heterocycles. The van der Waals surface area contributed by atoms with Crippen LogP contribution in [0.3, 0.4) is 0 Å². The number of carbonyl (C=O) groups is 1. The van der Waals surface area contributed by atoms with Gasteiger partial charge in [-0.2, -0.15) is 0 Å². The molecule has 104 valence electrons. The maximum atomic E-state index is 12.4. The van der Waals surface area contributed by atoms with Gasteiger partial charge in [-0.1, -0.05) is 24.3 Å². The quantitative estimate of drug-likeness (QED) is 0.857. The second kappa shape index (κ2) is 5.60. The van der Waals surface area contributed by atoms with Crippen molar-refractivity contribution in [2.75, 3.05) is 6.26 Å². The average Bonchev–Trinajstić information content (AvgIpc) is 3.04. The van der Waals surface area contributed by atoms with E-state index in [1.165, 1.54) is 11.3 Å². The zero-order chi connectivity index (χ0) is 14.1. The Labute approximate surface area is 126 Å². The third-order valence-electron chi connectivity index (χ3n) is 3.55. The number of hydrogen-bond donors (Lipinski definition) is 2. The van der Waals surface area contributed by atoms with E-state index in [2.05, 4.69) is 5.32 Å². The molecule has 1 aliphatic rings. The summed E-state index contributed by atoms with van der Waals surface area (Å²) >= 11 is 3.00. The Morgan fingerprint density at radius 3 is 3.00 bits per heavy atom. The fourth-order valence-corrected chi connectivity index (χ4v) is 4.23.